The van der Waals surface area contributed by atoms with E-state index >= 15 is 0 Å². The first kappa shape index (κ1) is 59.7. The van der Waals surface area contributed by atoms with Crippen LogP contribution < -0.4 is 21.3 Å². The summed E-state index contributed by atoms with van der Waals surface area (Å²) in [4.78, 5) is 141. The fraction of sp³-hybridized carbons (Fsp3) is 0.438. The number of carbonyl (C=O) groups excluding carboxylic acids is 9. The second-order valence-corrected chi connectivity index (χ2v) is 23.9. The number of nitrogens with one attached hydrogen (secondary N) is 4. The molecular formula is C48H58N10O12S6. The number of rotatable bonds is 8. The van der Waals surface area contributed by atoms with E-state index in [4.69, 9.17) is 0 Å². The molecule has 2 saturated heterocycles. The molecule has 2 unspecified atom stereocenters. The average Bonchev–Trinajstić information content (AvgIpc) is 3.41. The fourth-order valence-corrected chi connectivity index (χ4v) is 14.1. The normalized spacial score (nSPS) is 24.0. The molecule has 2 aliphatic rings. The molecule has 22 nitrogen and oxygen atoms in total. The number of hydrogen-bond acceptors (Lipinski definition) is 21. The molecule has 2 fully saturated rings. The van der Waals surface area contributed by atoms with Crippen LogP contribution in [0.1, 0.15) is 21.0 Å². The van der Waals surface area contributed by atoms with Crippen LogP contribution in [0.3, 0.4) is 0 Å². The van der Waals surface area contributed by atoms with E-state index in [2.05, 4.69) is 31.2 Å². The molecule has 2 aromatic heterocycles. The number of aromatic nitrogens is 2. The molecule has 7 N–H and O–H groups in total. The van der Waals surface area contributed by atoms with Crippen LogP contribution >= 0.6 is 68.6 Å². The highest BCUT2D eigenvalue weighted by atomic mass is 33.1. The summed E-state index contributed by atoms with van der Waals surface area (Å²) in [5.74, 6) is -7.55. The number of pyridine rings is 2. The van der Waals surface area contributed by atoms with Crippen molar-refractivity contribution < 1.29 is 58.5 Å². The lowest BCUT2D eigenvalue weighted by atomic mass is 10.1. The van der Waals surface area contributed by atoms with Crippen molar-refractivity contribution in [3.63, 3.8) is 0 Å². The standard InChI is InChI=1S/C48H58N10O12S6/c1-55-31-23-75-76-24-32(46(68)58(4)34(22-72-6)48(70)74-19-29(41(63)49-17-37(55)61)53-43(65)39-35(59)15-25-11-7-9-13-27(25)51-39)56(2)38(62)18-50-42(64)30(20-73-47(69)33(21-71-5)57(3)45(31)67)54-44(66)40-36(60)16-26-12-8-10-14-28(26)52-40/h7-16,29-34,45,59-60,67H,17-24H2,1-6H3,(H,49,63)(H,50,64)(H,53,65)(H,54,66)/t29-,30?,31?,32+,33+,34+,45+/m1/s1. The molecule has 6 rings (SSSR count). The van der Waals surface area contributed by atoms with Gasteiger partial charge in [0.1, 0.15) is 41.9 Å². The van der Waals surface area contributed by atoms with Crippen LogP contribution in [0.25, 0.3) is 21.8 Å². The van der Waals surface area contributed by atoms with E-state index in [0.29, 0.717) is 45.3 Å². The average molecular weight is 1160 g/mol. The minimum Gasteiger partial charge on any atom is -0.505 e. The number of aliphatic hydroxyl groups is 1. The van der Waals surface area contributed by atoms with Crippen molar-refractivity contribution in [1.29, 1.82) is 0 Å². The Morgan fingerprint density at radius 3 is 1.59 bits per heavy atom. The number of aromatic hydroxyl groups is 2. The van der Waals surface area contributed by atoms with Gasteiger partial charge < -0.3 is 51.3 Å². The lowest BCUT2D eigenvalue weighted by Crippen LogP contribution is -2.59. The van der Waals surface area contributed by atoms with Crippen LogP contribution in [0.15, 0.2) is 60.7 Å². The van der Waals surface area contributed by atoms with Gasteiger partial charge in [0.15, 0.2) is 11.4 Å². The summed E-state index contributed by atoms with van der Waals surface area (Å²) in [6.07, 6.45) is 1.89. The number of benzene rings is 2. The van der Waals surface area contributed by atoms with E-state index in [9.17, 15) is 58.5 Å². The molecule has 4 heterocycles. The zero-order chi connectivity index (χ0) is 55.4. The van der Waals surface area contributed by atoms with Gasteiger partial charge in [-0.3, -0.25) is 48.1 Å². The molecule has 4 aromatic rings. The summed E-state index contributed by atoms with van der Waals surface area (Å²) in [5, 5.41) is 44.0. The van der Waals surface area contributed by atoms with Gasteiger partial charge in [-0.05, 0) is 43.8 Å². The van der Waals surface area contributed by atoms with Crippen LogP contribution in [-0.2, 0) is 33.6 Å². The molecule has 2 bridgehead atoms. The van der Waals surface area contributed by atoms with E-state index in [1.54, 1.807) is 61.0 Å². The topological polar surface area (TPSA) is 301 Å². The maximum atomic E-state index is 14.7. The van der Waals surface area contributed by atoms with Crippen LogP contribution in [0, 0.1) is 0 Å². The molecule has 2 aromatic carbocycles. The largest absolute Gasteiger partial charge is 0.505 e. The summed E-state index contributed by atoms with van der Waals surface area (Å²) in [6.45, 7) is -1.34. The third kappa shape index (κ3) is 14.7. The Morgan fingerprint density at radius 1 is 0.645 bits per heavy atom. The van der Waals surface area contributed by atoms with Gasteiger partial charge in [0.25, 0.3) is 11.8 Å². The number of nitrogens with zero attached hydrogens (tertiary/aromatic N) is 6. The van der Waals surface area contributed by atoms with Crippen LogP contribution in [0.5, 0.6) is 11.5 Å². The summed E-state index contributed by atoms with van der Waals surface area (Å²) >= 11 is 3.81. The Hall–Kier alpha value is -5.49. The van der Waals surface area contributed by atoms with Crippen molar-refractivity contribution in [2.45, 2.75) is 42.5 Å². The van der Waals surface area contributed by atoms with E-state index in [0.717, 1.165) is 26.5 Å². The smallest absolute Gasteiger partial charge is 0.274 e. The monoisotopic (exact) mass is 1160 g/mol. The Labute approximate surface area is 462 Å². The van der Waals surface area contributed by atoms with Gasteiger partial charge in [0, 0.05) is 66.4 Å². The highest BCUT2D eigenvalue weighted by molar-refractivity contribution is 8.76. The van der Waals surface area contributed by atoms with Gasteiger partial charge in [-0.15, -0.1) is 0 Å². The van der Waals surface area contributed by atoms with E-state index < -0.39 is 142 Å². The number of carbonyl (C=O) groups is 9. The van der Waals surface area contributed by atoms with E-state index in [-0.39, 0.29) is 23.0 Å². The lowest BCUT2D eigenvalue weighted by molar-refractivity contribution is -0.144. The molecule has 76 heavy (non-hydrogen) atoms. The maximum absolute atomic E-state index is 14.7. The third-order valence-corrected chi connectivity index (χ3v) is 18.4. The van der Waals surface area contributed by atoms with Crippen molar-refractivity contribution in [3.8, 4) is 11.5 Å². The second-order valence-electron chi connectivity index (χ2n) is 17.5. The Morgan fingerprint density at radius 2 is 1.09 bits per heavy atom. The first-order chi connectivity index (χ1) is 36.2. The number of amides is 7. The third-order valence-electron chi connectivity index (χ3n) is 12.5. The summed E-state index contributed by atoms with van der Waals surface area (Å²) in [5.41, 5.74) is -0.0658. The molecule has 7 atom stereocenters. The number of fused-ring (bicyclic) bond motifs is 7. The van der Waals surface area contributed by atoms with Gasteiger partial charge in [0.2, 0.25) is 39.8 Å². The summed E-state index contributed by atoms with van der Waals surface area (Å²) < 4.78 is 0. The van der Waals surface area contributed by atoms with Crippen LogP contribution in [0.2, 0.25) is 0 Å². The van der Waals surface area contributed by atoms with Gasteiger partial charge in [-0.2, -0.15) is 23.5 Å². The Bertz CT molecular complexity index is 2850. The highest BCUT2D eigenvalue weighted by Crippen LogP contribution is 2.30. The predicted octanol–water partition coefficient (Wildman–Crippen LogP) is 1.08. The minimum absolute atomic E-state index is 0.0287. The maximum Gasteiger partial charge on any atom is 0.274 e. The second kappa shape index (κ2) is 27.7. The van der Waals surface area contributed by atoms with Crippen molar-refractivity contribution in [1.82, 2.24) is 50.8 Å². The number of aliphatic hydroxyl groups excluding tert-OH is 1. The molecule has 7 amide bonds. The summed E-state index contributed by atoms with van der Waals surface area (Å²) in [6, 6.07) is 8.50. The molecule has 2 aliphatic heterocycles. The minimum atomic E-state index is -1.57. The quantitative estimate of drug-likeness (QED) is 0.121. The zero-order valence-electron chi connectivity index (χ0n) is 42.1. The van der Waals surface area contributed by atoms with Gasteiger partial charge in [-0.25, -0.2) is 9.97 Å². The van der Waals surface area contributed by atoms with E-state index in [1.165, 1.54) is 78.5 Å². The molecule has 0 saturated carbocycles. The number of para-hydroxylation sites is 2. The number of thioether (sulfide) groups is 4. The zero-order valence-corrected chi connectivity index (χ0v) is 47.0. The van der Waals surface area contributed by atoms with Gasteiger partial charge in [0.05, 0.1) is 36.2 Å². The molecule has 0 radical (unpaired) electrons. The van der Waals surface area contributed by atoms with Crippen molar-refractivity contribution >= 4 is 142 Å². The molecule has 0 spiro atoms. The molecule has 408 valence electrons. The molecular weight excluding hydrogens is 1100 g/mol. The number of likely N-dealkylation sites (N-methyl/N-ethyl adjacent to an activating group) is 4. The first-order valence-corrected chi connectivity index (χ1v) is 30.6. The van der Waals surface area contributed by atoms with Crippen molar-refractivity contribution in [2.24, 2.45) is 0 Å². The number of hydrogen-bond donors (Lipinski definition) is 7. The predicted molar refractivity (Wildman–Crippen MR) is 299 cm³/mol. The van der Waals surface area contributed by atoms with E-state index in [1.807, 2.05) is 0 Å². The van der Waals surface area contributed by atoms with Crippen molar-refractivity contribution in [3.05, 3.63) is 72.1 Å². The van der Waals surface area contributed by atoms with Gasteiger partial charge in [-0.1, -0.05) is 81.5 Å². The first-order valence-electron chi connectivity index (χ1n) is 23.3. The highest BCUT2D eigenvalue weighted by Gasteiger charge is 2.40. The van der Waals surface area contributed by atoms with Gasteiger partial charge >= 0.3 is 0 Å². The lowest BCUT2D eigenvalue weighted by Gasteiger charge is -2.39. The molecule has 0 aliphatic carbocycles. The Balaban J connectivity index is 1.36. The Kier molecular flexibility index (Phi) is 21.8. The van der Waals surface area contributed by atoms with Crippen LogP contribution in [0.4, 0.5) is 0 Å². The van der Waals surface area contributed by atoms with Crippen molar-refractivity contribution in [2.75, 3.05) is 88.3 Å². The summed E-state index contributed by atoms with van der Waals surface area (Å²) in [7, 11) is 7.89. The fourth-order valence-electron chi connectivity index (χ4n) is 7.89. The molecule has 28 heteroatoms. The SMILES string of the molecule is CSC[C@H]1C(=O)SC[C@@H](NC(=O)c2nc3ccccc3cc2O)C(=O)NCC(=O)N(C)C2CSSC[C@@H](C(=O)N1C)N(C)C(=O)CNC(=O)C(NC(=O)c1nc3ccccc3cc1O)CSC(=O)[C@H](CSC)N(C)[C@H]2O. The van der Waals surface area contributed by atoms with Crippen LogP contribution in [-0.4, -0.2) is 227 Å².